The Kier molecular flexibility index (Phi) is 7.28. The number of rotatable bonds is 6. The van der Waals surface area contributed by atoms with Crippen LogP contribution in [-0.2, 0) is 9.59 Å². The molecule has 0 atom stereocenters. The molecule has 0 fully saturated rings. The highest BCUT2D eigenvalue weighted by Gasteiger charge is 2.20. The molecule has 0 aromatic heterocycles. The lowest BCUT2D eigenvalue weighted by Crippen LogP contribution is -2.16. The van der Waals surface area contributed by atoms with Crippen molar-refractivity contribution in [1.29, 1.82) is 0 Å². The van der Waals surface area contributed by atoms with Crippen LogP contribution in [0.5, 0.6) is 17.2 Å². The standard InChI is InChI=1S/C18H15Cl4NO5/c1-7(2)9-3-8(4-10(19)17(9)27)28-18-11(20)5-12(15(21)16(18)22)23-13(24)6-14(25)26/h3-5,7,27H,6H2,1-2H3,(H,23,24)(H,25,26). The number of phenols is 1. The van der Waals surface area contributed by atoms with Crippen LogP contribution in [0.25, 0.3) is 0 Å². The molecule has 1 amide bonds. The average molecular weight is 467 g/mol. The highest BCUT2D eigenvalue weighted by molar-refractivity contribution is 6.46. The number of nitrogens with one attached hydrogen (secondary N) is 1. The van der Waals surface area contributed by atoms with E-state index < -0.39 is 18.3 Å². The van der Waals surface area contributed by atoms with E-state index in [1.54, 1.807) is 6.07 Å². The number of carbonyl (C=O) groups is 2. The Morgan fingerprint density at radius 1 is 1.07 bits per heavy atom. The summed E-state index contributed by atoms with van der Waals surface area (Å²) in [5.41, 5.74) is 0.611. The summed E-state index contributed by atoms with van der Waals surface area (Å²) in [5, 5.41) is 21.0. The van der Waals surface area contributed by atoms with Crippen molar-refractivity contribution in [1.82, 2.24) is 0 Å². The van der Waals surface area contributed by atoms with Gasteiger partial charge in [0.2, 0.25) is 5.91 Å². The van der Waals surface area contributed by atoms with Crippen molar-refractivity contribution in [2.24, 2.45) is 0 Å². The van der Waals surface area contributed by atoms with Crippen LogP contribution in [-0.4, -0.2) is 22.1 Å². The van der Waals surface area contributed by atoms with E-state index >= 15 is 0 Å². The third kappa shape index (κ3) is 5.14. The van der Waals surface area contributed by atoms with Gasteiger partial charge >= 0.3 is 5.97 Å². The summed E-state index contributed by atoms with van der Waals surface area (Å²) in [6.45, 7) is 3.75. The van der Waals surface area contributed by atoms with Crippen LogP contribution in [0.15, 0.2) is 18.2 Å². The number of carboxylic acids is 1. The lowest BCUT2D eigenvalue weighted by molar-refractivity contribution is -0.139. The molecule has 6 nitrogen and oxygen atoms in total. The number of benzene rings is 2. The van der Waals surface area contributed by atoms with E-state index in [4.69, 9.17) is 56.2 Å². The van der Waals surface area contributed by atoms with E-state index in [1.807, 2.05) is 13.8 Å². The molecule has 0 radical (unpaired) electrons. The number of anilines is 1. The van der Waals surface area contributed by atoms with E-state index in [0.717, 1.165) is 0 Å². The Balaban J connectivity index is 2.39. The molecule has 0 aliphatic carbocycles. The van der Waals surface area contributed by atoms with Crippen molar-refractivity contribution >= 4 is 64.0 Å². The van der Waals surface area contributed by atoms with E-state index in [9.17, 15) is 14.7 Å². The van der Waals surface area contributed by atoms with E-state index in [1.165, 1.54) is 12.1 Å². The number of hydrogen-bond donors (Lipinski definition) is 3. The zero-order valence-corrected chi connectivity index (χ0v) is 17.7. The second-order valence-corrected chi connectivity index (χ2v) is 7.65. The van der Waals surface area contributed by atoms with Crippen molar-refractivity contribution in [3.63, 3.8) is 0 Å². The summed E-state index contributed by atoms with van der Waals surface area (Å²) < 4.78 is 5.72. The third-order valence-electron chi connectivity index (χ3n) is 3.61. The SMILES string of the molecule is CC(C)c1cc(Oc2c(Cl)cc(NC(=O)CC(=O)O)c(Cl)c2Cl)cc(Cl)c1O. The fourth-order valence-corrected chi connectivity index (χ4v) is 3.24. The first-order chi connectivity index (χ1) is 13.0. The van der Waals surface area contributed by atoms with Gasteiger partial charge in [0.25, 0.3) is 0 Å². The van der Waals surface area contributed by atoms with Crippen molar-refractivity contribution in [2.45, 2.75) is 26.2 Å². The highest BCUT2D eigenvalue weighted by Crippen LogP contribution is 2.46. The second kappa shape index (κ2) is 9.09. The van der Waals surface area contributed by atoms with Crippen molar-refractivity contribution in [3.8, 4) is 17.2 Å². The maximum absolute atomic E-state index is 11.6. The minimum Gasteiger partial charge on any atom is -0.506 e. The molecular weight excluding hydrogens is 452 g/mol. The second-order valence-electron chi connectivity index (χ2n) is 6.08. The number of aliphatic carboxylic acids is 1. The monoisotopic (exact) mass is 465 g/mol. The summed E-state index contributed by atoms with van der Waals surface area (Å²) in [6, 6.07) is 4.27. The highest BCUT2D eigenvalue weighted by atomic mass is 35.5. The third-order valence-corrected chi connectivity index (χ3v) is 5.03. The first kappa shape index (κ1) is 22.4. The number of carbonyl (C=O) groups excluding carboxylic acids is 1. The van der Waals surface area contributed by atoms with Crippen molar-refractivity contribution in [2.75, 3.05) is 5.32 Å². The Labute approximate surface area is 180 Å². The van der Waals surface area contributed by atoms with Gasteiger partial charge in [-0.1, -0.05) is 60.3 Å². The summed E-state index contributed by atoms with van der Waals surface area (Å²) >= 11 is 24.6. The lowest BCUT2D eigenvalue weighted by atomic mass is 10.0. The molecule has 10 heteroatoms. The average Bonchev–Trinajstić information content (AvgIpc) is 2.58. The Morgan fingerprint density at radius 2 is 1.71 bits per heavy atom. The maximum atomic E-state index is 11.6. The predicted octanol–water partition coefficient (Wildman–Crippen LogP) is 6.33. The van der Waals surface area contributed by atoms with Gasteiger partial charge in [-0.25, -0.2) is 0 Å². The fourth-order valence-electron chi connectivity index (χ4n) is 2.31. The largest absolute Gasteiger partial charge is 0.506 e. The molecule has 0 heterocycles. The van der Waals surface area contributed by atoms with E-state index in [-0.39, 0.29) is 48.9 Å². The van der Waals surface area contributed by atoms with Crippen LogP contribution < -0.4 is 10.1 Å². The molecule has 0 bridgehead atoms. The number of ether oxygens (including phenoxy) is 1. The Bertz CT molecular complexity index is 946. The number of hydrogen-bond acceptors (Lipinski definition) is 4. The molecule has 0 aliphatic rings. The van der Waals surface area contributed by atoms with Gasteiger partial charge in [0.1, 0.15) is 22.9 Å². The molecule has 0 saturated heterocycles. The van der Waals surface area contributed by atoms with Crippen LogP contribution in [0.1, 0.15) is 31.7 Å². The molecule has 150 valence electrons. The first-order valence-corrected chi connectivity index (χ1v) is 9.41. The summed E-state index contributed by atoms with van der Waals surface area (Å²) in [5.74, 6) is -1.87. The zero-order valence-electron chi connectivity index (χ0n) is 14.6. The molecule has 2 aromatic carbocycles. The first-order valence-electron chi connectivity index (χ1n) is 7.90. The molecule has 3 N–H and O–H groups in total. The number of aromatic hydroxyl groups is 1. The van der Waals surface area contributed by atoms with Crippen LogP contribution in [0, 0.1) is 0 Å². The molecule has 28 heavy (non-hydrogen) atoms. The number of phenolic OH excluding ortho intramolecular Hbond substituents is 1. The molecule has 0 unspecified atom stereocenters. The minimum absolute atomic E-state index is 0.0148. The van der Waals surface area contributed by atoms with E-state index in [0.29, 0.717) is 5.56 Å². The van der Waals surface area contributed by atoms with Gasteiger partial charge in [0, 0.05) is 11.6 Å². The number of carboxylic acid groups (broad SMARTS) is 1. The molecule has 0 saturated carbocycles. The molecule has 0 aliphatic heterocycles. The summed E-state index contributed by atoms with van der Waals surface area (Å²) in [4.78, 5) is 22.2. The van der Waals surface area contributed by atoms with Gasteiger partial charge < -0.3 is 20.3 Å². The van der Waals surface area contributed by atoms with Crippen LogP contribution >= 0.6 is 46.4 Å². The van der Waals surface area contributed by atoms with Gasteiger partial charge in [-0.2, -0.15) is 0 Å². The molecule has 2 aromatic rings. The van der Waals surface area contributed by atoms with Gasteiger partial charge in [0.15, 0.2) is 5.75 Å². The minimum atomic E-state index is -1.30. The topological polar surface area (TPSA) is 95.9 Å². The van der Waals surface area contributed by atoms with Gasteiger partial charge in [0.05, 0.1) is 20.8 Å². The molecule has 0 spiro atoms. The molecule has 2 rings (SSSR count). The fraction of sp³-hybridized carbons (Fsp3) is 0.222. The molecular formula is C18H15Cl4NO5. The summed E-state index contributed by atoms with van der Waals surface area (Å²) in [6.07, 6.45) is -0.742. The van der Waals surface area contributed by atoms with Crippen molar-refractivity contribution < 1.29 is 24.5 Å². The smallest absolute Gasteiger partial charge is 0.312 e. The predicted molar refractivity (Wildman–Crippen MR) is 110 cm³/mol. The Morgan fingerprint density at radius 3 is 2.29 bits per heavy atom. The van der Waals surface area contributed by atoms with Crippen LogP contribution in [0.3, 0.4) is 0 Å². The number of amides is 1. The van der Waals surface area contributed by atoms with Crippen molar-refractivity contribution in [3.05, 3.63) is 43.9 Å². The lowest BCUT2D eigenvalue weighted by Gasteiger charge is -2.16. The Hall–Kier alpha value is -1.86. The van der Waals surface area contributed by atoms with Crippen LogP contribution in [0.2, 0.25) is 20.1 Å². The number of halogens is 4. The quantitative estimate of drug-likeness (QED) is 0.341. The van der Waals surface area contributed by atoms with Crippen LogP contribution in [0.4, 0.5) is 5.69 Å². The van der Waals surface area contributed by atoms with Gasteiger partial charge in [-0.3, -0.25) is 9.59 Å². The normalized spacial score (nSPS) is 10.8. The van der Waals surface area contributed by atoms with E-state index in [2.05, 4.69) is 5.32 Å². The van der Waals surface area contributed by atoms with Gasteiger partial charge in [-0.05, 0) is 18.1 Å². The summed E-state index contributed by atoms with van der Waals surface area (Å²) in [7, 11) is 0. The van der Waals surface area contributed by atoms with Gasteiger partial charge in [-0.15, -0.1) is 0 Å². The maximum Gasteiger partial charge on any atom is 0.312 e. The zero-order chi connectivity index (χ0) is 21.2.